The number of nitrogens with two attached hydrogens (primary N) is 1. The lowest BCUT2D eigenvalue weighted by Gasteiger charge is -2.34. The summed E-state index contributed by atoms with van der Waals surface area (Å²) < 4.78 is 0. The first-order chi connectivity index (χ1) is 14.6. The number of rotatable bonds is 4. The van der Waals surface area contributed by atoms with Gasteiger partial charge in [-0.2, -0.15) is 0 Å². The van der Waals surface area contributed by atoms with E-state index in [2.05, 4.69) is 76.1 Å². The first-order valence-electron chi connectivity index (χ1n) is 10.9. The SMILES string of the molecule is CCCN1CC(c2nc3ccc(N4CCN(C)CC4)cc3[nH]2)=C(N)c2ccccc21. The van der Waals surface area contributed by atoms with E-state index in [1.165, 1.54) is 11.4 Å². The minimum Gasteiger partial charge on any atom is -0.398 e. The van der Waals surface area contributed by atoms with Crippen molar-refractivity contribution in [2.45, 2.75) is 13.3 Å². The van der Waals surface area contributed by atoms with Crippen LogP contribution in [0.3, 0.4) is 0 Å². The molecule has 0 spiro atoms. The Bertz CT molecular complexity index is 1090. The summed E-state index contributed by atoms with van der Waals surface area (Å²) in [4.78, 5) is 15.7. The number of benzene rings is 2. The summed E-state index contributed by atoms with van der Waals surface area (Å²) in [6, 6.07) is 15.0. The van der Waals surface area contributed by atoms with Gasteiger partial charge in [0.15, 0.2) is 0 Å². The van der Waals surface area contributed by atoms with Crippen LogP contribution in [0.5, 0.6) is 0 Å². The molecule has 1 fully saturated rings. The predicted octanol–water partition coefficient (Wildman–Crippen LogP) is 3.37. The molecule has 3 aromatic rings. The number of anilines is 2. The highest BCUT2D eigenvalue weighted by Gasteiger charge is 2.25. The number of likely N-dealkylation sites (N-methyl/N-ethyl adjacent to an activating group) is 1. The highest BCUT2D eigenvalue weighted by molar-refractivity contribution is 5.97. The van der Waals surface area contributed by atoms with E-state index < -0.39 is 0 Å². The van der Waals surface area contributed by atoms with Crippen LogP contribution < -0.4 is 15.5 Å². The first-order valence-corrected chi connectivity index (χ1v) is 10.9. The Morgan fingerprint density at radius 3 is 2.67 bits per heavy atom. The summed E-state index contributed by atoms with van der Waals surface area (Å²) in [7, 11) is 2.18. The maximum absolute atomic E-state index is 6.64. The molecule has 0 aliphatic carbocycles. The molecule has 0 unspecified atom stereocenters. The monoisotopic (exact) mass is 402 g/mol. The highest BCUT2D eigenvalue weighted by Crippen LogP contribution is 2.36. The zero-order valence-corrected chi connectivity index (χ0v) is 17.9. The van der Waals surface area contributed by atoms with Crippen LogP contribution in [0.4, 0.5) is 11.4 Å². The van der Waals surface area contributed by atoms with Crippen LogP contribution in [0.1, 0.15) is 24.7 Å². The number of piperazine rings is 1. The molecule has 6 heteroatoms. The molecule has 2 aliphatic rings. The molecular weight excluding hydrogens is 372 g/mol. The van der Waals surface area contributed by atoms with Gasteiger partial charge in [0.25, 0.3) is 0 Å². The fourth-order valence-electron chi connectivity index (χ4n) is 4.57. The summed E-state index contributed by atoms with van der Waals surface area (Å²) in [5.41, 5.74) is 14.2. The number of nitrogens with one attached hydrogen (secondary N) is 1. The maximum Gasteiger partial charge on any atom is 0.138 e. The zero-order valence-electron chi connectivity index (χ0n) is 17.9. The van der Waals surface area contributed by atoms with E-state index >= 15 is 0 Å². The Morgan fingerprint density at radius 1 is 1.07 bits per heavy atom. The summed E-state index contributed by atoms with van der Waals surface area (Å²) in [5, 5.41) is 0. The average molecular weight is 403 g/mol. The van der Waals surface area contributed by atoms with Crippen LogP contribution in [-0.4, -0.2) is 61.2 Å². The molecular formula is C24H30N6. The van der Waals surface area contributed by atoms with E-state index in [0.29, 0.717) is 0 Å². The molecule has 0 amide bonds. The molecule has 6 nitrogen and oxygen atoms in total. The van der Waals surface area contributed by atoms with E-state index in [1.807, 2.05) is 0 Å². The Labute approximate surface area is 178 Å². The van der Waals surface area contributed by atoms with Crippen molar-refractivity contribution < 1.29 is 0 Å². The number of para-hydroxylation sites is 1. The Hall–Kier alpha value is -2.99. The van der Waals surface area contributed by atoms with Crippen molar-refractivity contribution in [2.24, 2.45) is 5.73 Å². The van der Waals surface area contributed by atoms with Gasteiger partial charge in [-0.25, -0.2) is 4.98 Å². The van der Waals surface area contributed by atoms with Gasteiger partial charge in [-0.05, 0) is 37.7 Å². The third kappa shape index (κ3) is 3.31. The van der Waals surface area contributed by atoms with Crippen molar-refractivity contribution in [3.8, 4) is 0 Å². The summed E-state index contributed by atoms with van der Waals surface area (Å²) in [6.07, 6.45) is 1.09. The fourth-order valence-corrected chi connectivity index (χ4v) is 4.57. The van der Waals surface area contributed by atoms with E-state index in [-0.39, 0.29) is 0 Å². The lowest BCUT2D eigenvalue weighted by Crippen LogP contribution is -2.44. The van der Waals surface area contributed by atoms with Crippen LogP contribution in [0.15, 0.2) is 42.5 Å². The summed E-state index contributed by atoms with van der Waals surface area (Å²) in [6.45, 7) is 8.31. The number of hydrogen-bond donors (Lipinski definition) is 2. The molecule has 1 saturated heterocycles. The first kappa shape index (κ1) is 19.0. The van der Waals surface area contributed by atoms with Gasteiger partial charge in [0, 0.05) is 67.5 Å². The Morgan fingerprint density at radius 2 is 1.87 bits per heavy atom. The fraction of sp³-hybridized carbons (Fsp3) is 0.375. The third-order valence-electron chi connectivity index (χ3n) is 6.32. The maximum atomic E-state index is 6.64. The molecule has 0 bridgehead atoms. The summed E-state index contributed by atoms with van der Waals surface area (Å²) >= 11 is 0. The second-order valence-electron chi connectivity index (χ2n) is 8.41. The molecule has 0 atom stereocenters. The van der Waals surface area contributed by atoms with E-state index in [0.717, 1.165) is 79.4 Å². The smallest absolute Gasteiger partial charge is 0.138 e. The van der Waals surface area contributed by atoms with Gasteiger partial charge in [0.1, 0.15) is 5.82 Å². The third-order valence-corrected chi connectivity index (χ3v) is 6.32. The van der Waals surface area contributed by atoms with Crippen molar-refractivity contribution in [3.63, 3.8) is 0 Å². The average Bonchev–Trinajstić information content (AvgIpc) is 3.19. The number of imidazole rings is 1. The summed E-state index contributed by atoms with van der Waals surface area (Å²) in [5.74, 6) is 0.883. The second-order valence-corrected chi connectivity index (χ2v) is 8.41. The van der Waals surface area contributed by atoms with Gasteiger partial charge >= 0.3 is 0 Å². The zero-order chi connectivity index (χ0) is 20.7. The molecule has 1 aromatic heterocycles. The van der Waals surface area contributed by atoms with E-state index in [9.17, 15) is 0 Å². The van der Waals surface area contributed by atoms with Gasteiger partial charge in [-0.15, -0.1) is 0 Å². The standard InChI is InChI=1S/C24H30N6/c1-3-10-30-16-19(23(25)18-6-4-5-7-22(18)30)24-26-20-9-8-17(15-21(20)27-24)29-13-11-28(2)12-14-29/h4-9,15H,3,10-14,16,25H2,1-2H3,(H,26,27). The van der Waals surface area contributed by atoms with Crippen LogP contribution in [0.2, 0.25) is 0 Å². The molecule has 3 heterocycles. The van der Waals surface area contributed by atoms with Crippen molar-refractivity contribution in [3.05, 3.63) is 53.9 Å². The minimum absolute atomic E-state index is 0.780. The van der Waals surface area contributed by atoms with E-state index in [1.54, 1.807) is 0 Å². The van der Waals surface area contributed by atoms with Crippen LogP contribution in [0, 0.1) is 0 Å². The van der Waals surface area contributed by atoms with Crippen molar-refractivity contribution in [1.29, 1.82) is 0 Å². The largest absolute Gasteiger partial charge is 0.398 e. The van der Waals surface area contributed by atoms with Gasteiger partial charge < -0.3 is 25.4 Å². The van der Waals surface area contributed by atoms with Crippen LogP contribution >= 0.6 is 0 Å². The van der Waals surface area contributed by atoms with Crippen LogP contribution in [-0.2, 0) is 0 Å². The normalized spacial score (nSPS) is 17.7. The molecule has 5 rings (SSSR count). The molecule has 0 radical (unpaired) electrons. The number of aromatic nitrogens is 2. The van der Waals surface area contributed by atoms with E-state index in [4.69, 9.17) is 10.7 Å². The molecule has 3 N–H and O–H groups in total. The second kappa shape index (κ2) is 7.69. The number of fused-ring (bicyclic) bond motifs is 2. The molecule has 30 heavy (non-hydrogen) atoms. The van der Waals surface area contributed by atoms with Crippen molar-refractivity contribution in [1.82, 2.24) is 14.9 Å². The molecule has 0 saturated carbocycles. The van der Waals surface area contributed by atoms with Crippen LogP contribution in [0.25, 0.3) is 22.3 Å². The quantitative estimate of drug-likeness (QED) is 0.701. The van der Waals surface area contributed by atoms with Gasteiger partial charge in [-0.3, -0.25) is 0 Å². The minimum atomic E-state index is 0.780. The topological polar surface area (TPSA) is 64.4 Å². The number of H-pyrrole nitrogens is 1. The highest BCUT2D eigenvalue weighted by atomic mass is 15.2. The lowest BCUT2D eigenvalue weighted by atomic mass is 9.98. The van der Waals surface area contributed by atoms with Gasteiger partial charge in [0.05, 0.1) is 11.0 Å². The molecule has 2 aliphatic heterocycles. The van der Waals surface area contributed by atoms with Crippen molar-refractivity contribution in [2.75, 3.05) is 56.1 Å². The van der Waals surface area contributed by atoms with Crippen molar-refractivity contribution >= 4 is 33.7 Å². The van der Waals surface area contributed by atoms with Gasteiger partial charge in [-0.1, -0.05) is 25.1 Å². The predicted molar refractivity (Wildman–Crippen MR) is 126 cm³/mol. The Balaban J connectivity index is 1.51. The number of hydrogen-bond acceptors (Lipinski definition) is 5. The molecule has 2 aromatic carbocycles. The number of aromatic amines is 1. The Kier molecular flexibility index (Phi) is 4.87. The molecule has 156 valence electrons. The number of nitrogens with zero attached hydrogens (tertiary/aromatic N) is 4. The lowest BCUT2D eigenvalue weighted by molar-refractivity contribution is 0.313. The van der Waals surface area contributed by atoms with Gasteiger partial charge in [0.2, 0.25) is 0 Å².